The predicted octanol–water partition coefficient (Wildman–Crippen LogP) is 4.75. The van der Waals surface area contributed by atoms with Crippen molar-refractivity contribution in [3.63, 3.8) is 0 Å². The number of hydrogen-bond donors (Lipinski definition) is 1. The van der Waals surface area contributed by atoms with Crippen molar-refractivity contribution in [2.75, 3.05) is 6.61 Å². The van der Waals surface area contributed by atoms with Crippen LogP contribution in [0, 0.1) is 6.92 Å². The molecule has 2 amide bonds. The van der Waals surface area contributed by atoms with E-state index in [1.54, 1.807) is 29.2 Å². The fraction of sp³-hybridized carbons (Fsp3) is 0.417. The molecule has 2 aromatic rings. The molecule has 0 fully saturated rings. The van der Waals surface area contributed by atoms with Crippen LogP contribution >= 0.6 is 11.6 Å². The first-order chi connectivity index (χ1) is 14.1. The number of hydrogen-bond acceptors (Lipinski definition) is 3. The average Bonchev–Trinajstić information content (AvgIpc) is 2.66. The van der Waals surface area contributed by atoms with E-state index in [0.29, 0.717) is 23.7 Å². The smallest absolute Gasteiger partial charge is 0.261 e. The Bertz CT molecular complexity index is 877. The second-order valence-electron chi connectivity index (χ2n) is 8.36. The van der Waals surface area contributed by atoms with Gasteiger partial charge >= 0.3 is 0 Å². The monoisotopic (exact) mass is 430 g/mol. The van der Waals surface area contributed by atoms with Gasteiger partial charge in [-0.2, -0.15) is 0 Å². The van der Waals surface area contributed by atoms with E-state index in [9.17, 15) is 9.59 Å². The molecular weight excluding hydrogens is 400 g/mol. The molecule has 1 N–H and O–H groups in total. The zero-order valence-corrected chi connectivity index (χ0v) is 19.1. The summed E-state index contributed by atoms with van der Waals surface area (Å²) >= 11 is 6.00. The normalized spacial score (nSPS) is 12.2. The van der Waals surface area contributed by atoms with Crippen LogP contribution in [0.1, 0.15) is 45.2 Å². The highest BCUT2D eigenvalue weighted by atomic mass is 35.5. The third-order valence-electron chi connectivity index (χ3n) is 4.64. The molecular formula is C24H31ClN2O3. The predicted molar refractivity (Wildman–Crippen MR) is 121 cm³/mol. The van der Waals surface area contributed by atoms with Crippen molar-refractivity contribution in [2.24, 2.45) is 0 Å². The van der Waals surface area contributed by atoms with E-state index in [-0.39, 0.29) is 24.0 Å². The Morgan fingerprint density at radius 1 is 1.13 bits per heavy atom. The van der Waals surface area contributed by atoms with Crippen LogP contribution in [0.2, 0.25) is 5.02 Å². The summed E-state index contributed by atoms with van der Waals surface area (Å²) in [4.78, 5) is 27.7. The molecule has 0 aromatic heterocycles. The van der Waals surface area contributed by atoms with Crippen molar-refractivity contribution < 1.29 is 14.3 Å². The molecule has 0 unspecified atom stereocenters. The van der Waals surface area contributed by atoms with Gasteiger partial charge in [-0.25, -0.2) is 0 Å². The Kier molecular flexibility index (Phi) is 8.30. The molecule has 0 aliphatic carbocycles. The molecule has 0 saturated heterocycles. The minimum Gasteiger partial charge on any atom is -0.484 e. The van der Waals surface area contributed by atoms with Crippen LogP contribution in [0.5, 0.6) is 5.75 Å². The van der Waals surface area contributed by atoms with Crippen LogP contribution in [0.15, 0.2) is 48.5 Å². The van der Waals surface area contributed by atoms with Gasteiger partial charge in [-0.05, 0) is 63.4 Å². The quantitative estimate of drug-likeness (QED) is 0.657. The zero-order valence-electron chi connectivity index (χ0n) is 18.4. The molecule has 6 heteroatoms. The Morgan fingerprint density at radius 2 is 1.83 bits per heavy atom. The van der Waals surface area contributed by atoms with Crippen molar-refractivity contribution in [2.45, 2.75) is 59.2 Å². The molecule has 0 saturated carbocycles. The summed E-state index contributed by atoms with van der Waals surface area (Å²) in [5.74, 6) is 0.0858. The van der Waals surface area contributed by atoms with Crippen LogP contribution in [0.4, 0.5) is 0 Å². The standard InChI is InChI=1S/C24H31ClN2O3/c1-6-21(23(29)26-24(3,4)5)27(15-18-11-8-7-10-17(18)2)22(28)16-30-20-13-9-12-19(25)14-20/h7-14,21H,6,15-16H2,1-5H3,(H,26,29)/t21-/m0/s1. The zero-order chi connectivity index (χ0) is 22.3. The van der Waals surface area contributed by atoms with Crippen molar-refractivity contribution in [1.29, 1.82) is 0 Å². The lowest BCUT2D eigenvalue weighted by Crippen LogP contribution is -2.54. The first kappa shape index (κ1) is 23.7. The van der Waals surface area contributed by atoms with Gasteiger partial charge in [0.05, 0.1) is 0 Å². The lowest BCUT2D eigenvalue weighted by atomic mass is 10.0. The van der Waals surface area contributed by atoms with Gasteiger partial charge in [0, 0.05) is 17.1 Å². The fourth-order valence-electron chi connectivity index (χ4n) is 3.13. The van der Waals surface area contributed by atoms with Gasteiger partial charge in [0.15, 0.2) is 6.61 Å². The topological polar surface area (TPSA) is 58.6 Å². The second kappa shape index (κ2) is 10.5. The van der Waals surface area contributed by atoms with Crippen LogP contribution in [0.3, 0.4) is 0 Å². The number of aryl methyl sites for hydroxylation is 1. The van der Waals surface area contributed by atoms with Gasteiger partial charge in [0.2, 0.25) is 5.91 Å². The Morgan fingerprint density at radius 3 is 2.43 bits per heavy atom. The van der Waals surface area contributed by atoms with E-state index in [1.165, 1.54) is 0 Å². The summed E-state index contributed by atoms with van der Waals surface area (Å²) in [7, 11) is 0. The van der Waals surface area contributed by atoms with Crippen molar-refractivity contribution in [1.82, 2.24) is 10.2 Å². The van der Waals surface area contributed by atoms with Crippen LogP contribution in [-0.4, -0.2) is 34.9 Å². The van der Waals surface area contributed by atoms with Crippen molar-refractivity contribution in [3.05, 3.63) is 64.7 Å². The Labute approximate surface area is 184 Å². The molecule has 0 bridgehead atoms. The summed E-state index contributed by atoms with van der Waals surface area (Å²) in [6.45, 7) is 9.83. The Balaban J connectivity index is 2.25. The van der Waals surface area contributed by atoms with Gasteiger partial charge in [-0.15, -0.1) is 0 Å². The average molecular weight is 431 g/mol. The number of halogens is 1. The van der Waals surface area contributed by atoms with Gasteiger partial charge < -0.3 is 15.0 Å². The minimum atomic E-state index is -0.598. The van der Waals surface area contributed by atoms with Crippen LogP contribution in [0.25, 0.3) is 0 Å². The largest absolute Gasteiger partial charge is 0.484 e. The maximum atomic E-state index is 13.2. The number of ether oxygens (including phenoxy) is 1. The molecule has 30 heavy (non-hydrogen) atoms. The lowest BCUT2D eigenvalue weighted by Gasteiger charge is -2.33. The first-order valence-corrected chi connectivity index (χ1v) is 10.5. The molecule has 0 spiro atoms. The highest BCUT2D eigenvalue weighted by Gasteiger charge is 2.31. The van der Waals surface area contributed by atoms with E-state index in [1.807, 2.05) is 58.9 Å². The molecule has 5 nitrogen and oxygen atoms in total. The summed E-state index contributed by atoms with van der Waals surface area (Å²) in [6.07, 6.45) is 0.497. The summed E-state index contributed by atoms with van der Waals surface area (Å²) < 4.78 is 5.67. The first-order valence-electron chi connectivity index (χ1n) is 10.1. The molecule has 0 aliphatic rings. The SMILES string of the molecule is CC[C@@H](C(=O)NC(C)(C)C)N(Cc1ccccc1C)C(=O)COc1cccc(Cl)c1. The highest BCUT2D eigenvalue weighted by molar-refractivity contribution is 6.30. The minimum absolute atomic E-state index is 0.172. The molecule has 0 aliphatic heterocycles. The third kappa shape index (κ3) is 7.06. The molecule has 2 rings (SSSR count). The van der Waals surface area contributed by atoms with E-state index < -0.39 is 6.04 Å². The lowest BCUT2D eigenvalue weighted by molar-refractivity contribution is -0.143. The number of carbonyl (C=O) groups excluding carboxylic acids is 2. The summed E-state index contributed by atoms with van der Waals surface area (Å²) in [5.41, 5.74) is 1.67. The molecule has 0 heterocycles. The molecule has 2 aromatic carbocycles. The fourth-order valence-corrected chi connectivity index (χ4v) is 3.31. The molecule has 162 valence electrons. The van der Waals surface area contributed by atoms with Crippen molar-refractivity contribution >= 4 is 23.4 Å². The molecule has 0 radical (unpaired) electrons. The van der Waals surface area contributed by atoms with Gasteiger partial charge in [0.1, 0.15) is 11.8 Å². The van der Waals surface area contributed by atoms with E-state index in [0.717, 1.165) is 11.1 Å². The maximum Gasteiger partial charge on any atom is 0.261 e. The van der Waals surface area contributed by atoms with Gasteiger partial charge in [0.25, 0.3) is 5.91 Å². The highest BCUT2D eigenvalue weighted by Crippen LogP contribution is 2.19. The number of rotatable bonds is 8. The van der Waals surface area contributed by atoms with Gasteiger partial charge in [-0.3, -0.25) is 9.59 Å². The maximum absolute atomic E-state index is 13.2. The second-order valence-corrected chi connectivity index (χ2v) is 8.79. The van der Waals surface area contributed by atoms with Gasteiger partial charge in [-0.1, -0.05) is 48.9 Å². The van der Waals surface area contributed by atoms with E-state index in [2.05, 4.69) is 5.32 Å². The molecule has 1 atom stereocenters. The number of amides is 2. The number of carbonyl (C=O) groups is 2. The number of benzene rings is 2. The van der Waals surface area contributed by atoms with E-state index >= 15 is 0 Å². The number of nitrogens with one attached hydrogen (secondary N) is 1. The van der Waals surface area contributed by atoms with E-state index in [4.69, 9.17) is 16.3 Å². The van der Waals surface area contributed by atoms with Crippen LogP contribution < -0.4 is 10.1 Å². The third-order valence-corrected chi connectivity index (χ3v) is 4.88. The summed E-state index contributed by atoms with van der Waals surface area (Å²) in [6, 6.07) is 14.2. The Hall–Kier alpha value is -2.53. The summed E-state index contributed by atoms with van der Waals surface area (Å²) in [5, 5.41) is 3.53. The van der Waals surface area contributed by atoms with Crippen molar-refractivity contribution in [3.8, 4) is 5.75 Å². The number of nitrogens with zero attached hydrogens (tertiary/aromatic N) is 1. The van der Waals surface area contributed by atoms with Crippen LogP contribution in [-0.2, 0) is 16.1 Å².